The molecule has 0 radical (unpaired) electrons. The van der Waals surface area contributed by atoms with E-state index in [2.05, 4.69) is 40.4 Å². The molecular formula is C9H12BrNS. The van der Waals surface area contributed by atoms with Gasteiger partial charge in [0.25, 0.3) is 0 Å². The van der Waals surface area contributed by atoms with Gasteiger partial charge in [0.15, 0.2) is 0 Å². The molecule has 12 heavy (non-hydrogen) atoms. The fourth-order valence-electron chi connectivity index (χ4n) is 0.793. The van der Waals surface area contributed by atoms with E-state index in [-0.39, 0.29) is 6.04 Å². The molecule has 1 rings (SSSR count). The molecule has 0 aliphatic rings. The summed E-state index contributed by atoms with van der Waals surface area (Å²) < 4.78 is 1.16. The number of hydrogen-bond donors (Lipinski definition) is 1. The molecule has 1 unspecified atom stereocenters. The number of hydrogen-bond acceptors (Lipinski definition) is 2. The number of nitrogens with two attached hydrogens (primary N) is 1. The van der Waals surface area contributed by atoms with Crippen molar-refractivity contribution in [1.29, 1.82) is 0 Å². The zero-order chi connectivity index (χ0) is 9.14. The highest BCUT2D eigenvalue weighted by Crippen LogP contribution is 2.22. The van der Waals surface area contributed by atoms with Crippen molar-refractivity contribution < 1.29 is 0 Å². The monoisotopic (exact) mass is 245 g/mol. The van der Waals surface area contributed by atoms with Gasteiger partial charge in [-0.15, -0.1) is 11.3 Å². The quantitative estimate of drug-likeness (QED) is 0.851. The van der Waals surface area contributed by atoms with Gasteiger partial charge in [-0.05, 0) is 46.8 Å². The lowest BCUT2D eigenvalue weighted by Gasteiger charge is -2.03. The molecule has 1 aromatic heterocycles. The Morgan fingerprint density at radius 1 is 1.75 bits per heavy atom. The molecule has 0 saturated heterocycles. The van der Waals surface area contributed by atoms with Crippen LogP contribution in [0.3, 0.4) is 0 Å². The summed E-state index contributed by atoms with van der Waals surface area (Å²) >= 11 is 5.11. The predicted octanol–water partition coefficient (Wildman–Crippen LogP) is 3.26. The summed E-state index contributed by atoms with van der Waals surface area (Å²) in [7, 11) is 0. The number of thiophene rings is 1. The molecular weight excluding hydrogens is 234 g/mol. The second-order valence-corrected chi connectivity index (χ2v) is 5.15. The van der Waals surface area contributed by atoms with Crippen LogP contribution in [0.1, 0.15) is 19.4 Å². The zero-order valence-corrected chi connectivity index (χ0v) is 9.58. The van der Waals surface area contributed by atoms with Gasteiger partial charge in [-0.25, -0.2) is 0 Å². The minimum atomic E-state index is 0.142. The normalized spacial score (nSPS) is 14.8. The first-order valence-electron chi connectivity index (χ1n) is 3.77. The Kier molecular flexibility index (Phi) is 3.50. The predicted molar refractivity (Wildman–Crippen MR) is 59.3 cm³/mol. The van der Waals surface area contributed by atoms with Gasteiger partial charge in [-0.1, -0.05) is 11.6 Å². The van der Waals surface area contributed by atoms with Crippen molar-refractivity contribution in [3.8, 4) is 0 Å². The molecule has 0 aromatic carbocycles. The first kappa shape index (κ1) is 9.96. The van der Waals surface area contributed by atoms with Crippen LogP contribution in [0.5, 0.6) is 0 Å². The molecule has 1 heterocycles. The van der Waals surface area contributed by atoms with Crippen LogP contribution in [0.4, 0.5) is 0 Å². The summed E-state index contributed by atoms with van der Waals surface area (Å²) in [6, 6.07) is 2.24. The fourth-order valence-corrected chi connectivity index (χ4v) is 1.93. The van der Waals surface area contributed by atoms with E-state index in [0.29, 0.717) is 0 Å². The summed E-state index contributed by atoms with van der Waals surface area (Å²) in [5.74, 6) is 0. The van der Waals surface area contributed by atoms with Gasteiger partial charge >= 0.3 is 0 Å². The van der Waals surface area contributed by atoms with Gasteiger partial charge < -0.3 is 5.73 Å². The topological polar surface area (TPSA) is 26.0 Å². The standard InChI is InChI=1S/C9H12BrNS/c1-6(7(2)11)3-8-4-9(10)12-5-8/h3-5,7H,11H2,1-2H3/b6-3+. The first-order chi connectivity index (χ1) is 5.59. The van der Waals surface area contributed by atoms with Crippen LogP contribution in [-0.2, 0) is 0 Å². The van der Waals surface area contributed by atoms with Gasteiger partial charge in [0.1, 0.15) is 0 Å². The Morgan fingerprint density at radius 2 is 2.42 bits per heavy atom. The molecule has 1 atom stereocenters. The molecule has 0 fully saturated rings. The van der Waals surface area contributed by atoms with Crippen molar-refractivity contribution in [2.75, 3.05) is 0 Å². The molecule has 2 N–H and O–H groups in total. The van der Waals surface area contributed by atoms with E-state index in [4.69, 9.17) is 5.73 Å². The second kappa shape index (κ2) is 4.21. The zero-order valence-electron chi connectivity index (χ0n) is 7.17. The summed E-state index contributed by atoms with van der Waals surface area (Å²) in [4.78, 5) is 0. The van der Waals surface area contributed by atoms with Crippen LogP contribution >= 0.6 is 27.3 Å². The molecule has 0 spiro atoms. The molecule has 0 aliphatic carbocycles. The van der Waals surface area contributed by atoms with Crippen molar-refractivity contribution in [1.82, 2.24) is 0 Å². The maximum atomic E-state index is 5.71. The summed E-state index contributed by atoms with van der Waals surface area (Å²) in [6.07, 6.45) is 2.12. The van der Waals surface area contributed by atoms with E-state index < -0.39 is 0 Å². The highest BCUT2D eigenvalue weighted by molar-refractivity contribution is 9.11. The van der Waals surface area contributed by atoms with Gasteiger partial charge in [0.2, 0.25) is 0 Å². The van der Waals surface area contributed by atoms with E-state index in [1.54, 1.807) is 11.3 Å². The van der Waals surface area contributed by atoms with E-state index >= 15 is 0 Å². The van der Waals surface area contributed by atoms with E-state index in [1.807, 2.05) is 6.92 Å². The van der Waals surface area contributed by atoms with Crippen LogP contribution in [0.15, 0.2) is 20.8 Å². The average Bonchev–Trinajstić information content (AvgIpc) is 2.35. The Labute approximate surface area is 85.4 Å². The van der Waals surface area contributed by atoms with Crippen LogP contribution < -0.4 is 5.73 Å². The Morgan fingerprint density at radius 3 is 2.83 bits per heavy atom. The van der Waals surface area contributed by atoms with Gasteiger partial charge in [0, 0.05) is 6.04 Å². The third-order valence-corrected chi connectivity index (χ3v) is 3.22. The van der Waals surface area contributed by atoms with Crippen LogP contribution in [0, 0.1) is 0 Å². The molecule has 0 bridgehead atoms. The molecule has 1 aromatic rings. The third-order valence-electron chi connectivity index (χ3n) is 1.70. The van der Waals surface area contributed by atoms with Gasteiger partial charge in [0.05, 0.1) is 3.79 Å². The summed E-state index contributed by atoms with van der Waals surface area (Å²) in [5.41, 5.74) is 8.15. The second-order valence-electron chi connectivity index (χ2n) is 2.86. The van der Waals surface area contributed by atoms with Crippen molar-refractivity contribution in [2.45, 2.75) is 19.9 Å². The SMILES string of the molecule is C/C(=C\c1csc(Br)c1)C(C)N. The highest BCUT2D eigenvalue weighted by atomic mass is 79.9. The smallest absolute Gasteiger partial charge is 0.0704 e. The maximum Gasteiger partial charge on any atom is 0.0704 e. The van der Waals surface area contributed by atoms with Crippen LogP contribution in [-0.4, -0.2) is 6.04 Å². The van der Waals surface area contributed by atoms with Crippen molar-refractivity contribution >= 4 is 33.3 Å². The van der Waals surface area contributed by atoms with Gasteiger partial charge in [-0.2, -0.15) is 0 Å². The molecule has 3 heteroatoms. The lowest BCUT2D eigenvalue weighted by molar-refractivity contribution is 0.868. The van der Waals surface area contributed by atoms with Crippen molar-refractivity contribution in [3.63, 3.8) is 0 Å². The lowest BCUT2D eigenvalue weighted by Crippen LogP contribution is -2.15. The Bertz CT molecular complexity index is 288. The minimum Gasteiger partial charge on any atom is -0.324 e. The third kappa shape index (κ3) is 2.73. The molecule has 66 valence electrons. The summed E-state index contributed by atoms with van der Waals surface area (Å²) in [6.45, 7) is 4.05. The minimum absolute atomic E-state index is 0.142. The lowest BCUT2D eigenvalue weighted by atomic mass is 10.1. The van der Waals surface area contributed by atoms with E-state index in [1.165, 1.54) is 11.1 Å². The maximum absolute atomic E-state index is 5.71. The molecule has 1 nitrogen and oxygen atoms in total. The van der Waals surface area contributed by atoms with E-state index in [9.17, 15) is 0 Å². The van der Waals surface area contributed by atoms with Crippen LogP contribution in [0.2, 0.25) is 0 Å². The average molecular weight is 246 g/mol. The molecule has 0 saturated carbocycles. The Hall–Kier alpha value is -0.120. The highest BCUT2D eigenvalue weighted by Gasteiger charge is 1.98. The van der Waals surface area contributed by atoms with E-state index in [0.717, 1.165) is 3.79 Å². The molecule has 0 amide bonds. The molecule has 0 aliphatic heterocycles. The van der Waals surface area contributed by atoms with Crippen molar-refractivity contribution in [2.24, 2.45) is 5.73 Å². The number of rotatable bonds is 2. The summed E-state index contributed by atoms with van der Waals surface area (Å²) in [5, 5.41) is 2.11. The first-order valence-corrected chi connectivity index (χ1v) is 5.44. The largest absolute Gasteiger partial charge is 0.324 e. The number of halogens is 1. The Balaban J connectivity index is 2.80. The van der Waals surface area contributed by atoms with Crippen molar-refractivity contribution in [3.05, 3.63) is 26.4 Å². The van der Waals surface area contributed by atoms with Crippen LogP contribution in [0.25, 0.3) is 6.08 Å². The fraction of sp³-hybridized carbons (Fsp3) is 0.333. The van der Waals surface area contributed by atoms with Gasteiger partial charge in [-0.3, -0.25) is 0 Å².